The highest BCUT2D eigenvalue weighted by molar-refractivity contribution is 7.09. The SMILES string of the molecule is COc1c(C)cccc1CN1CCC[C@H]([C@H](NC(=O)c2ccccc2)c2nccs2)C1. The average Bonchev–Trinajstić information content (AvgIpc) is 3.33. The molecule has 1 amide bonds. The number of likely N-dealkylation sites (tertiary alicyclic amines) is 1. The fourth-order valence-corrected chi connectivity index (χ4v) is 5.24. The lowest BCUT2D eigenvalue weighted by Crippen LogP contribution is -2.42. The van der Waals surface area contributed by atoms with Gasteiger partial charge in [0.2, 0.25) is 0 Å². The minimum Gasteiger partial charge on any atom is -0.496 e. The summed E-state index contributed by atoms with van der Waals surface area (Å²) < 4.78 is 5.66. The molecule has 1 aliphatic heterocycles. The van der Waals surface area contributed by atoms with E-state index >= 15 is 0 Å². The first-order valence-electron chi connectivity index (χ1n) is 10.8. The van der Waals surface area contributed by atoms with Crippen LogP contribution in [0.2, 0.25) is 0 Å². The van der Waals surface area contributed by atoms with Crippen LogP contribution in [0.5, 0.6) is 5.75 Å². The molecule has 0 bridgehead atoms. The van der Waals surface area contributed by atoms with E-state index in [0.29, 0.717) is 11.5 Å². The van der Waals surface area contributed by atoms with Crippen LogP contribution in [-0.2, 0) is 6.54 Å². The highest BCUT2D eigenvalue weighted by atomic mass is 32.1. The van der Waals surface area contributed by atoms with E-state index in [1.54, 1.807) is 18.4 Å². The lowest BCUT2D eigenvalue weighted by atomic mass is 9.90. The molecule has 1 aromatic heterocycles. The van der Waals surface area contributed by atoms with Crippen LogP contribution in [0.25, 0.3) is 0 Å². The number of piperidine rings is 1. The Hall–Kier alpha value is -2.70. The number of nitrogens with zero attached hydrogens (tertiary/aromatic N) is 2. The summed E-state index contributed by atoms with van der Waals surface area (Å²) in [6, 6.07) is 15.6. The summed E-state index contributed by atoms with van der Waals surface area (Å²) in [5.74, 6) is 1.24. The molecular formula is C25H29N3O2S. The number of benzene rings is 2. The zero-order valence-corrected chi connectivity index (χ0v) is 18.9. The van der Waals surface area contributed by atoms with Gasteiger partial charge in [-0.1, -0.05) is 36.4 Å². The number of amides is 1. The molecule has 4 rings (SSSR count). The molecule has 0 radical (unpaired) electrons. The lowest BCUT2D eigenvalue weighted by molar-refractivity contribution is 0.0877. The van der Waals surface area contributed by atoms with Gasteiger partial charge in [0.15, 0.2) is 0 Å². The molecule has 0 saturated carbocycles. The highest BCUT2D eigenvalue weighted by Gasteiger charge is 2.31. The number of carbonyl (C=O) groups excluding carboxylic acids is 1. The summed E-state index contributed by atoms with van der Waals surface area (Å²) in [6.07, 6.45) is 3.99. The van der Waals surface area contributed by atoms with Crippen LogP contribution in [0.4, 0.5) is 0 Å². The van der Waals surface area contributed by atoms with Crippen LogP contribution < -0.4 is 10.1 Å². The second-order valence-electron chi connectivity index (χ2n) is 8.09. The fourth-order valence-electron chi connectivity index (χ4n) is 4.46. The van der Waals surface area contributed by atoms with Crippen molar-refractivity contribution < 1.29 is 9.53 Å². The number of rotatable bonds is 7. The third kappa shape index (κ3) is 5.14. The quantitative estimate of drug-likeness (QED) is 0.577. The minimum absolute atomic E-state index is 0.0433. The summed E-state index contributed by atoms with van der Waals surface area (Å²) in [7, 11) is 1.74. The molecule has 0 unspecified atom stereocenters. The number of hydrogen-bond acceptors (Lipinski definition) is 5. The van der Waals surface area contributed by atoms with Gasteiger partial charge in [-0.15, -0.1) is 11.3 Å². The Morgan fingerprint density at radius 1 is 1.26 bits per heavy atom. The number of hydrogen-bond donors (Lipinski definition) is 1. The van der Waals surface area contributed by atoms with Crippen LogP contribution in [0.3, 0.4) is 0 Å². The largest absolute Gasteiger partial charge is 0.496 e. The number of para-hydroxylation sites is 1. The molecule has 0 aliphatic carbocycles. The monoisotopic (exact) mass is 435 g/mol. The summed E-state index contributed by atoms with van der Waals surface area (Å²) in [6.45, 7) is 4.89. The number of carbonyl (C=O) groups is 1. The van der Waals surface area contributed by atoms with Gasteiger partial charge >= 0.3 is 0 Å². The van der Waals surface area contributed by atoms with Crippen LogP contribution in [0.15, 0.2) is 60.1 Å². The predicted octanol–water partition coefficient (Wildman–Crippen LogP) is 4.84. The van der Waals surface area contributed by atoms with Crippen molar-refractivity contribution in [3.8, 4) is 5.75 Å². The molecule has 1 saturated heterocycles. The first kappa shape index (κ1) is 21.5. The van der Waals surface area contributed by atoms with Gasteiger partial charge in [0.1, 0.15) is 10.8 Å². The van der Waals surface area contributed by atoms with Crippen molar-refractivity contribution >= 4 is 17.2 Å². The van der Waals surface area contributed by atoms with E-state index in [2.05, 4.69) is 40.3 Å². The number of methoxy groups -OCH3 is 1. The molecule has 31 heavy (non-hydrogen) atoms. The number of aromatic nitrogens is 1. The minimum atomic E-state index is -0.0880. The Morgan fingerprint density at radius 2 is 2.10 bits per heavy atom. The van der Waals surface area contributed by atoms with Crippen molar-refractivity contribution in [1.29, 1.82) is 0 Å². The standard InChI is InChI=1S/C25H29N3O2S/c1-18-8-6-11-21(23(18)30-2)17-28-14-7-12-20(16-28)22(25-26-13-15-31-25)27-24(29)19-9-4-3-5-10-19/h3-6,8-11,13,15,20,22H,7,12,14,16-17H2,1-2H3,(H,27,29)/t20-,22-/m0/s1. The maximum absolute atomic E-state index is 12.9. The van der Waals surface area contributed by atoms with E-state index in [4.69, 9.17) is 4.74 Å². The van der Waals surface area contributed by atoms with Crippen molar-refractivity contribution in [2.24, 2.45) is 5.92 Å². The fraction of sp³-hybridized carbons (Fsp3) is 0.360. The molecule has 1 fully saturated rings. The highest BCUT2D eigenvalue weighted by Crippen LogP contribution is 2.33. The van der Waals surface area contributed by atoms with E-state index in [1.165, 1.54) is 5.56 Å². The normalized spacial score (nSPS) is 17.8. The molecule has 2 atom stereocenters. The summed E-state index contributed by atoms with van der Waals surface area (Å²) in [5, 5.41) is 6.24. The van der Waals surface area contributed by atoms with Gasteiger partial charge in [0.25, 0.3) is 5.91 Å². The number of nitrogens with one attached hydrogen (secondary N) is 1. The van der Waals surface area contributed by atoms with Crippen molar-refractivity contribution in [3.63, 3.8) is 0 Å². The summed E-state index contributed by atoms with van der Waals surface area (Å²) >= 11 is 1.61. The van der Waals surface area contributed by atoms with E-state index < -0.39 is 0 Å². The Balaban J connectivity index is 1.51. The third-order valence-corrected chi connectivity index (χ3v) is 6.80. The van der Waals surface area contributed by atoms with Crippen molar-refractivity contribution in [3.05, 3.63) is 81.8 Å². The Morgan fingerprint density at radius 3 is 2.84 bits per heavy atom. The number of ether oxygens (including phenoxy) is 1. The smallest absolute Gasteiger partial charge is 0.251 e. The Bertz CT molecular complexity index is 991. The van der Waals surface area contributed by atoms with Gasteiger partial charge < -0.3 is 10.1 Å². The third-order valence-electron chi connectivity index (χ3n) is 5.94. The van der Waals surface area contributed by atoms with E-state index in [1.807, 2.05) is 41.9 Å². The van der Waals surface area contributed by atoms with E-state index in [0.717, 1.165) is 48.8 Å². The average molecular weight is 436 g/mol. The second-order valence-corrected chi connectivity index (χ2v) is 9.02. The molecule has 5 nitrogen and oxygen atoms in total. The lowest BCUT2D eigenvalue weighted by Gasteiger charge is -2.37. The van der Waals surface area contributed by atoms with Gasteiger partial charge in [0, 0.05) is 35.8 Å². The predicted molar refractivity (Wildman–Crippen MR) is 124 cm³/mol. The molecule has 1 aliphatic rings. The summed E-state index contributed by atoms with van der Waals surface area (Å²) in [4.78, 5) is 19.9. The Kier molecular flexibility index (Phi) is 6.99. The Labute approximate surface area is 188 Å². The molecule has 0 spiro atoms. The van der Waals surface area contributed by atoms with Gasteiger partial charge in [0.05, 0.1) is 13.2 Å². The van der Waals surface area contributed by atoms with Crippen LogP contribution >= 0.6 is 11.3 Å². The van der Waals surface area contributed by atoms with Crippen molar-refractivity contribution in [2.45, 2.75) is 32.4 Å². The van der Waals surface area contributed by atoms with Crippen molar-refractivity contribution in [2.75, 3.05) is 20.2 Å². The topological polar surface area (TPSA) is 54.5 Å². The molecular weight excluding hydrogens is 406 g/mol. The van der Waals surface area contributed by atoms with Crippen LogP contribution in [-0.4, -0.2) is 36.0 Å². The van der Waals surface area contributed by atoms with E-state index in [-0.39, 0.29) is 11.9 Å². The summed E-state index contributed by atoms with van der Waals surface area (Å²) in [5.41, 5.74) is 3.05. The van der Waals surface area contributed by atoms with Gasteiger partial charge in [-0.05, 0) is 49.9 Å². The maximum atomic E-state index is 12.9. The molecule has 2 aromatic carbocycles. The van der Waals surface area contributed by atoms with Crippen LogP contribution in [0.1, 0.15) is 45.4 Å². The number of aryl methyl sites for hydroxylation is 1. The first-order valence-corrected chi connectivity index (χ1v) is 11.6. The van der Waals surface area contributed by atoms with Gasteiger partial charge in [-0.2, -0.15) is 0 Å². The van der Waals surface area contributed by atoms with E-state index in [9.17, 15) is 4.79 Å². The molecule has 2 heterocycles. The zero-order valence-electron chi connectivity index (χ0n) is 18.1. The van der Waals surface area contributed by atoms with Gasteiger partial charge in [-0.25, -0.2) is 4.98 Å². The zero-order chi connectivity index (χ0) is 21.6. The van der Waals surface area contributed by atoms with Gasteiger partial charge in [-0.3, -0.25) is 9.69 Å². The molecule has 162 valence electrons. The second kappa shape index (κ2) is 10.1. The maximum Gasteiger partial charge on any atom is 0.251 e. The molecule has 3 aromatic rings. The van der Waals surface area contributed by atoms with Crippen LogP contribution in [0, 0.1) is 12.8 Å². The number of thiazole rings is 1. The van der Waals surface area contributed by atoms with Crippen molar-refractivity contribution in [1.82, 2.24) is 15.2 Å². The first-order chi connectivity index (χ1) is 15.2. The molecule has 1 N–H and O–H groups in total. The molecule has 6 heteroatoms.